The zero-order valence-corrected chi connectivity index (χ0v) is 16.4. The molecule has 7 nitrogen and oxygen atoms in total. The minimum absolute atomic E-state index is 0.177. The number of aryl methyl sites for hydroxylation is 1. The summed E-state index contributed by atoms with van der Waals surface area (Å²) >= 11 is 0. The first-order chi connectivity index (χ1) is 13.0. The molecule has 0 radical (unpaired) electrons. The van der Waals surface area contributed by atoms with Gasteiger partial charge in [-0.2, -0.15) is 4.98 Å². The van der Waals surface area contributed by atoms with Crippen molar-refractivity contribution in [3.05, 3.63) is 36.0 Å². The molecule has 0 spiro atoms. The van der Waals surface area contributed by atoms with E-state index in [0.29, 0.717) is 41.8 Å². The minimum Gasteiger partial charge on any atom is -0.487 e. The van der Waals surface area contributed by atoms with E-state index >= 15 is 0 Å². The lowest BCUT2D eigenvalue weighted by molar-refractivity contribution is -0.954. The Morgan fingerprint density at radius 2 is 1.85 bits per heavy atom. The molecule has 148 valence electrons. The fourth-order valence-electron chi connectivity index (χ4n) is 3.73. The van der Waals surface area contributed by atoms with E-state index in [9.17, 15) is 5.11 Å². The average molecular weight is 376 g/mol. The van der Waals surface area contributed by atoms with Gasteiger partial charge in [-0.1, -0.05) is 17.3 Å². The highest BCUT2D eigenvalue weighted by molar-refractivity contribution is 5.39. The second-order valence-corrected chi connectivity index (χ2v) is 7.45. The molecule has 7 heteroatoms. The van der Waals surface area contributed by atoms with Gasteiger partial charge < -0.3 is 24.0 Å². The third-order valence-electron chi connectivity index (χ3n) is 5.21. The van der Waals surface area contributed by atoms with Crippen LogP contribution in [0, 0.1) is 6.92 Å². The largest absolute Gasteiger partial charge is 0.487 e. The van der Waals surface area contributed by atoms with Crippen LogP contribution in [-0.4, -0.2) is 46.6 Å². The Kier molecular flexibility index (Phi) is 6.68. The summed E-state index contributed by atoms with van der Waals surface area (Å²) in [7, 11) is 0. The lowest BCUT2D eigenvalue weighted by Crippen LogP contribution is -3.20. The van der Waals surface area contributed by atoms with Crippen LogP contribution < -0.4 is 14.4 Å². The third-order valence-corrected chi connectivity index (χ3v) is 5.21. The van der Waals surface area contributed by atoms with Crippen molar-refractivity contribution in [3.63, 3.8) is 0 Å². The number of aliphatic hydroxyl groups excluding tert-OH is 1. The number of benzene rings is 1. The van der Waals surface area contributed by atoms with Gasteiger partial charge in [-0.3, -0.25) is 0 Å². The number of likely N-dealkylation sites (tertiary alicyclic amines) is 1. The molecule has 3 rings (SSSR count). The number of nitrogens with one attached hydrogen (secondary N) is 1. The van der Waals surface area contributed by atoms with Gasteiger partial charge in [0.15, 0.2) is 23.9 Å². The topological polar surface area (TPSA) is 82.1 Å². The molecule has 3 atom stereocenters. The molecular formula is C20H30N3O4+. The molecule has 0 aliphatic carbocycles. The zero-order chi connectivity index (χ0) is 19.2. The number of aromatic nitrogens is 2. The second kappa shape index (κ2) is 9.19. The van der Waals surface area contributed by atoms with Crippen molar-refractivity contribution in [1.82, 2.24) is 10.1 Å². The van der Waals surface area contributed by atoms with E-state index in [1.807, 2.05) is 24.3 Å². The molecule has 1 aromatic heterocycles. The molecule has 2 heterocycles. The highest BCUT2D eigenvalue weighted by atomic mass is 16.5. The van der Waals surface area contributed by atoms with Crippen LogP contribution in [0.3, 0.4) is 0 Å². The first-order valence-electron chi connectivity index (χ1n) is 9.70. The maximum absolute atomic E-state index is 10.5. The fraction of sp³-hybridized carbons (Fsp3) is 0.600. The standard InChI is InChI=1S/C20H29N3O4/c1-14-7-6-8-15(2)23(14)11-17(24)12-25-18-9-4-5-10-19(18)26-13-20-21-16(3)22-27-20/h4-5,9-10,14-15,17,24H,6-8,11-13H2,1-3H3/p+1/t14-,15-,17+/m0/s1. The van der Waals surface area contributed by atoms with Crippen LogP contribution in [0.1, 0.15) is 44.8 Å². The van der Waals surface area contributed by atoms with Crippen LogP contribution in [0.25, 0.3) is 0 Å². The van der Waals surface area contributed by atoms with E-state index in [4.69, 9.17) is 14.0 Å². The molecule has 1 aliphatic rings. The van der Waals surface area contributed by atoms with Gasteiger partial charge in [0.2, 0.25) is 0 Å². The number of para-hydroxylation sites is 2. The maximum atomic E-state index is 10.5. The normalized spacial score (nSPS) is 21.8. The quantitative estimate of drug-likeness (QED) is 0.727. The summed E-state index contributed by atoms with van der Waals surface area (Å²) in [5, 5.41) is 14.2. The number of hydrogen-bond acceptors (Lipinski definition) is 6. The Hall–Kier alpha value is -2.12. The third kappa shape index (κ3) is 5.43. The number of piperidine rings is 1. The molecule has 1 aliphatic heterocycles. The summed E-state index contributed by atoms with van der Waals surface area (Å²) < 4.78 is 16.7. The van der Waals surface area contributed by atoms with Crippen molar-refractivity contribution < 1.29 is 24.0 Å². The van der Waals surface area contributed by atoms with Gasteiger partial charge in [0, 0.05) is 0 Å². The van der Waals surface area contributed by atoms with Crippen molar-refractivity contribution >= 4 is 0 Å². The van der Waals surface area contributed by atoms with E-state index in [2.05, 4.69) is 24.0 Å². The smallest absolute Gasteiger partial charge is 0.264 e. The molecule has 0 unspecified atom stereocenters. The van der Waals surface area contributed by atoms with E-state index in [0.717, 1.165) is 0 Å². The lowest BCUT2D eigenvalue weighted by Gasteiger charge is -2.36. The van der Waals surface area contributed by atoms with Gasteiger partial charge in [-0.15, -0.1) is 0 Å². The molecule has 2 aromatic rings. The average Bonchev–Trinajstić information content (AvgIpc) is 3.07. The highest BCUT2D eigenvalue weighted by Crippen LogP contribution is 2.27. The molecule has 1 fully saturated rings. The molecule has 0 amide bonds. The molecule has 2 N–H and O–H groups in total. The van der Waals surface area contributed by atoms with Crippen LogP contribution in [0.5, 0.6) is 11.5 Å². The summed E-state index contributed by atoms with van der Waals surface area (Å²) in [5.74, 6) is 2.18. The lowest BCUT2D eigenvalue weighted by atomic mass is 9.97. The SMILES string of the molecule is Cc1noc(COc2ccccc2OC[C@H](O)C[NH+]2[C@@H](C)CCC[C@@H]2C)n1. The maximum Gasteiger partial charge on any atom is 0.264 e. The Morgan fingerprint density at radius 3 is 2.48 bits per heavy atom. The molecule has 0 bridgehead atoms. The number of hydrogen-bond donors (Lipinski definition) is 2. The molecular weight excluding hydrogens is 346 g/mol. The predicted octanol–water partition coefficient (Wildman–Crippen LogP) is 1.54. The predicted molar refractivity (Wildman–Crippen MR) is 99.9 cm³/mol. The van der Waals surface area contributed by atoms with Crippen LogP contribution in [0.4, 0.5) is 0 Å². The summed E-state index contributed by atoms with van der Waals surface area (Å²) in [4.78, 5) is 5.59. The minimum atomic E-state index is -0.519. The summed E-state index contributed by atoms with van der Waals surface area (Å²) in [6.07, 6.45) is 3.20. The van der Waals surface area contributed by atoms with Gasteiger partial charge in [-0.05, 0) is 52.2 Å². The van der Waals surface area contributed by atoms with Crippen molar-refractivity contribution in [2.45, 2.75) is 64.8 Å². The van der Waals surface area contributed by atoms with Crippen LogP contribution >= 0.6 is 0 Å². The molecule has 27 heavy (non-hydrogen) atoms. The molecule has 1 aromatic carbocycles. The van der Waals surface area contributed by atoms with Gasteiger partial charge in [0.05, 0.1) is 12.1 Å². The number of rotatable bonds is 8. The van der Waals surface area contributed by atoms with Gasteiger partial charge in [-0.25, -0.2) is 0 Å². The van der Waals surface area contributed by atoms with Crippen molar-refractivity contribution in [1.29, 1.82) is 0 Å². The van der Waals surface area contributed by atoms with Crippen molar-refractivity contribution in [2.75, 3.05) is 13.2 Å². The first kappa shape index (κ1) is 19.6. The Morgan fingerprint density at radius 1 is 1.19 bits per heavy atom. The monoisotopic (exact) mass is 376 g/mol. The van der Waals surface area contributed by atoms with E-state index in [1.54, 1.807) is 6.92 Å². The van der Waals surface area contributed by atoms with Gasteiger partial charge in [0.1, 0.15) is 19.3 Å². The van der Waals surface area contributed by atoms with Crippen LogP contribution in [0.2, 0.25) is 0 Å². The number of aliphatic hydroxyl groups is 1. The molecule has 1 saturated heterocycles. The van der Waals surface area contributed by atoms with Crippen molar-refractivity contribution in [2.24, 2.45) is 0 Å². The Balaban J connectivity index is 1.52. The van der Waals surface area contributed by atoms with Crippen LogP contribution in [-0.2, 0) is 6.61 Å². The number of quaternary nitrogens is 1. The fourth-order valence-corrected chi connectivity index (χ4v) is 3.73. The zero-order valence-electron chi connectivity index (χ0n) is 16.4. The first-order valence-corrected chi connectivity index (χ1v) is 9.70. The number of nitrogens with zero attached hydrogens (tertiary/aromatic N) is 2. The summed E-state index contributed by atoms with van der Waals surface area (Å²) in [6, 6.07) is 8.57. The van der Waals surface area contributed by atoms with E-state index < -0.39 is 6.10 Å². The summed E-state index contributed by atoms with van der Waals surface area (Å²) in [6.45, 7) is 7.41. The van der Waals surface area contributed by atoms with Gasteiger partial charge in [0.25, 0.3) is 5.89 Å². The second-order valence-electron chi connectivity index (χ2n) is 7.45. The Labute approximate surface area is 160 Å². The molecule has 0 saturated carbocycles. The van der Waals surface area contributed by atoms with Crippen LogP contribution in [0.15, 0.2) is 28.8 Å². The van der Waals surface area contributed by atoms with Crippen molar-refractivity contribution in [3.8, 4) is 11.5 Å². The highest BCUT2D eigenvalue weighted by Gasteiger charge is 2.30. The van der Waals surface area contributed by atoms with E-state index in [-0.39, 0.29) is 13.2 Å². The van der Waals surface area contributed by atoms with E-state index in [1.165, 1.54) is 24.2 Å². The van der Waals surface area contributed by atoms with Gasteiger partial charge >= 0.3 is 0 Å². The summed E-state index contributed by atoms with van der Waals surface area (Å²) in [5.41, 5.74) is 0. The number of ether oxygens (including phenoxy) is 2. The Bertz CT molecular complexity index is 711.